The van der Waals surface area contributed by atoms with Crippen LogP contribution < -0.4 is 20.1 Å². The Morgan fingerprint density at radius 3 is 2.57 bits per heavy atom. The van der Waals surface area contributed by atoms with Crippen LogP contribution in [-0.4, -0.2) is 48.0 Å². The van der Waals surface area contributed by atoms with Gasteiger partial charge < -0.3 is 20.1 Å². The summed E-state index contributed by atoms with van der Waals surface area (Å²) in [5.41, 5.74) is -0.107. The Labute approximate surface area is 171 Å². The molecule has 1 saturated heterocycles. The molecule has 1 aromatic carbocycles. The fraction of sp³-hybridized carbons (Fsp3) is 0.526. The summed E-state index contributed by atoms with van der Waals surface area (Å²) in [5, 5.41) is 5.68. The number of nitrogens with zero attached hydrogens (tertiary/aromatic N) is 1. The van der Waals surface area contributed by atoms with Crippen molar-refractivity contribution in [2.24, 2.45) is 0 Å². The summed E-state index contributed by atoms with van der Waals surface area (Å²) < 4.78 is 11.7. The normalized spacial score (nSPS) is 19.8. The molecule has 1 aliphatic carbocycles. The zero-order valence-electron chi connectivity index (χ0n) is 15.4. The summed E-state index contributed by atoms with van der Waals surface area (Å²) in [6, 6.07) is 3.14. The van der Waals surface area contributed by atoms with E-state index in [-0.39, 0.29) is 30.8 Å². The van der Waals surface area contributed by atoms with E-state index in [1.165, 1.54) is 4.90 Å². The molecule has 2 aliphatic heterocycles. The lowest BCUT2D eigenvalue weighted by Crippen LogP contribution is -2.44. The molecule has 1 aromatic rings. The molecule has 4 amide bonds. The highest BCUT2D eigenvalue weighted by molar-refractivity contribution is 9.10. The van der Waals surface area contributed by atoms with E-state index < -0.39 is 5.54 Å². The third-order valence-corrected chi connectivity index (χ3v) is 6.05. The topological polar surface area (TPSA) is 97.0 Å². The maximum atomic E-state index is 12.6. The number of rotatable bonds is 5. The number of fused-ring (bicyclic) bond motifs is 1. The molecule has 0 atom stereocenters. The lowest BCUT2D eigenvalue weighted by Gasteiger charge is -2.20. The van der Waals surface area contributed by atoms with Gasteiger partial charge in [0.2, 0.25) is 5.91 Å². The lowest BCUT2D eigenvalue weighted by atomic mass is 9.98. The van der Waals surface area contributed by atoms with Crippen molar-refractivity contribution in [1.29, 1.82) is 0 Å². The Morgan fingerprint density at radius 1 is 1.18 bits per heavy atom. The maximum absolute atomic E-state index is 12.6. The van der Waals surface area contributed by atoms with Crippen molar-refractivity contribution in [3.8, 4) is 11.5 Å². The molecule has 4 rings (SSSR count). The van der Waals surface area contributed by atoms with Crippen molar-refractivity contribution in [3.63, 3.8) is 0 Å². The van der Waals surface area contributed by atoms with Crippen molar-refractivity contribution in [1.82, 2.24) is 10.2 Å². The average molecular weight is 452 g/mol. The van der Waals surface area contributed by atoms with Crippen molar-refractivity contribution in [3.05, 3.63) is 16.6 Å². The minimum atomic E-state index is -0.699. The second-order valence-electron chi connectivity index (χ2n) is 7.30. The van der Waals surface area contributed by atoms with Gasteiger partial charge in [-0.1, -0.05) is 12.8 Å². The van der Waals surface area contributed by atoms with Crippen LogP contribution in [0.3, 0.4) is 0 Å². The van der Waals surface area contributed by atoms with Crippen LogP contribution in [0.25, 0.3) is 0 Å². The van der Waals surface area contributed by atoms with Gasteiger partial charge in [0.15, 0.2) is 11.5 Å². The molecular formula is C19H22BrN3O5. The molecule has 1 saturated carbocycles. The second-order valence-corrected chi connectivity index (χ2v) is 8.16. The van der Waals surface area contributed by atoms with Crippen LogP contribution in [0.15, 0.2) is 16.6 Å². The molecule has 0 aromatic heterocycles. The molecule has 3 aliphatic rings. The third-order valence-electron chi connectivity index (χ3n) is 5.39. The van der Waals surface area contributed by atoms with E-state index >= 15 is 0 Å². The molecule has 8 nitrogen and oxygen atoms in total. The van der Waals surface area contributed by atoms with E-state index in [0.717, 1.165) is 12.8 Å². The van der Waals surface area contributed by atoms with Crippen molar-refractivity contribution >= 4 is 39.5 Å². The highest BCUT2D eigenvalue weighted by Gasteiger charge is 2.52. The smallest absolute Gasteiger partial charge is 0.325 e. The highest BCUT2D eigenvalue weighted by atomic mass is 79.9. The van der Waals surface area contributed by atoms with E-state index in [2.05, 4.69) is 26.6 Å². The Kier molecular flexibility index (Phi) is 5.18. The summed E-state index contributed by atoms with van der Waals surface area (Å²) in [4.78, 5) is 38.3. The average Bonchev–Trinajstić information content (AvgIpc) is 3.23. The van der Waals surface area contributed by atoms with E-state index in [9.17, 15) is 14.4 Å². The zero-order chi connectivity index (χ0) is 19.7. The number of nitrogens with one attached hydrogen (secondary N) is 2. The fourth-order valence-corrected chi connectivity index (χ4v) is 4.39. The molecule has 0 radical (unpaired) electrons. The van der Waals surface area contributed by atoms with E-state index in [1.54, 1.807) is 12.1 Å². The van der Waals surface area contributed by atoms with Crippen LogP contribution >= 0.6 is 15.9 Å². The maximum Gasteiger partial charge on any atom is 0.325 e. The molecule has 2 heterocycles. The highest BCUT2D eigenvalue weighted by Crippen LogP contribution is 2.38. The summed E-state index contributed by atoms with van der Waals surface area (Å²) in [7, 11) is 0. The van der Waals surface area contributed by atoms with Crippen LogP contribution in [0, 0.1) is 0 Å². The first kappa shape index (κ1) is 19.0. The number of carbonyl (C=O) groups excluding carboxylic acids is 3. The number of urea groups is 1. The third kappa shape index (κ3) is 3.55. The minimum absolute atomic E-state index is 0.148. The SMILES string of the molecule is O=C(CCCN1C(=O)NC2(CCCC2)C1=O)Nc1cc2c(cc1Br)OCCO2. The van der Waals surface area contributed by atoms with Gasteiger partial charge in [-0.15, -0.1) is 0 Å². The number of halogens is 1. The van der Waals surface area contributed by atoms with Crippen LogP contribution in [0.4, 0.5) is 10.5 Å². The molecule has 28 heavy (non-hydrogen) atoms. The Bertz CT molecular complexity index is 822. The molecule has 1 spiro atoms. The molecule has 0 unspecified atom stereocenters. The monoisotopic (exact) mass is 451 g/mol. The van der Waals surface area contributed by atoms with E-state index in [1.807, 2.05) is 0 Å². The van der Waals surface area contributed by atoms with Gasteiger partial charge in [0, 0.05) is 29.6 Å². The van der Waals surface area contributed by atoms with Gasteiger partial charge in [0.25, 0.3) is 5.91 Å². The number of amides is 4. The molecule has 2 N–H and O–H groups in total. The number of hydrogen-bond acceptors (Lipinski definition) is 5. The molecule has 0 bridgehead atoms. The first-order chi connectivity index (χ1) is 13.5. The van der Waals surface area contributed by atoms with Crippen LogP contribution in [0.2, 0.25) is 0 Å². The minimum Gasteiger partial charge on any atom is -0.486 e. The first-order valence-corrected chi connectivity index (χ1v) is 10.3. The van der Waals surface area contributed by atoms with Gasteiger partial charge >= 0.3 is 6.03 Å². The van der Waals surface area contributed by atoms with Crippen LogP contribution in [0.5, 0.6) is 11.5 Å². The quantitative estimate of drug-likeness (QED) is 0.670. The second kappa shape index (κ2) is 7.62. The summed E-state index contributed by atoms with van der Waals surface area (Å²) in [6.07, 6.45) is 3.91. The number of carbonyl (C=O) groups is 3. The summed E-state index contributed by atoms with van der Waals surface area (Å²) in [5.74, 6) is 0.881. The number of anilines is 1. The molecule has 9 heteroatoms. The van der Waals surface area contributed by atoms with Crippen LogP contribution in [0.1, 0.15) is 38.5 Å². The number of imide groups is 1. The van der Waals surface area contributed by atoms with Gasteiger partial charge in [0.1, 0.15) is 18.8 Å². The summed E-state index contributed by atoms with van der Waals surface area (Å²) >= 11 is 3.42. The number of ether oxygens (including phenoxy) is 2. The lowest BCUT2D eigenvalue weighted by molar-refractivity contribution is -0.131. The largest absolute Gasteiger partial charge is 0.486 e. The van der Waals surface area contributed by atoms with Crippen molar-refractivity contribution in [2.45, 2.75) is 44.1 Å². The van der Waals surface area contributed by atoms with Crippen LogP contribution in [-0.2, 0) is 9.59 Å². The van der Waals surface area contributed by atoms with Gasteiger partial charge in [-0.2, -0.15) is 0 Å². The van der Waals surface area contributed by atoms with Crippen molar-refractivity contribution in [2.75, 3.05) is 25.1 Å². The van der Waals surface area contributed by atoms with Crippen molar-refractivity contribution < 1.29 is 23.9 Å². The fourth-order valence-electron chi connectivity index (χ4n) is 3.97. The number of hydrogen-bond donors (Lipinski definition) is 2. The van der Waals surface area contributed by atoms with Gasteiger partial charge in [-0.05, 0) is 35.2 Å². The van der Waals surface area contributed by atoms with Gasteiger partial charge in [-0.3, -0.25) is 14.5 Å². The first-order valence-electron chi connectivity index (χ1n) is 9.52. The van der Waals surface area contributed by atoms with Gasteiger partial charge in [0.05, 0.1) is 5.69 Å². The van der Waals surface area contributed by atoms with E-state index in [0.29, 0.717) is 54.1 Å². The summed E-state index contributed by atoms with van der Waals surface area (Å²) in [6.45, 7) is 1.20. The predicted octanol–water partition coefficient (Wildman–Crippen LogP) is 2.80. The molecule has 150 valence electrons. The Hall–Kier alpha value is -2.29. The Morgan fingerprint density at radius 2 is 1.86 bits per heavy atom. The van der Waals surface area contributed by atoms with E-state index in [4.69, 9.17) is 9.47 Å². The molecule has 2 fully saturated rings. The standard InChI is InChI=1S/C19H22BrN3O5/c20-12-10-14-15(28-9-8-27-14)11-13(12)21-16(24)4-3-7-23-17(25)19(22-18(23)26)5-1-2-6-19/h10-11H,1-9H2,(H,21,24)(H,22,26). The Balaban J connectivity index is 1.31. The molecular weight excluding hydrogens is 430 g/mol. The number of benzene rings is 1. The van der Waals surface area contributed by atoms with Gasteiger partial charge in [-0.25, -0.2) is 4.79 Å². The zero-order valence-corrected chi connectivity index (χ0v) is 17.0. The predicted molar refractivity (Wildman–Crippen MR) is 104 cm³/mol.